The predicted octanol–water partition coefficient (Wildman–Crippen LogP) is 2.05. The second-order valence-corrected chi connectivity index (χ2v) is 5.25. The summed E-state index contributed by atoms with van der Waals surface area (Å²) in [4.78, 5) is 0. The molecule has 0 amide bonds. The van der Waals surface area contributed by atoms with E-state index in [1.807, 2.05) is 0 Å². The van der Waals surface area contributed by atoms with Gasteiger partial charge in [-0.15, -0.1) is 0 Å². The van der Waals surface area contributed by atoms with E-state index in [-0.39, 0.29) is 5.54 Å². The first-order valence-corrected chi connectivity index (χ1v) is 6.76. The molecular weight excluding hydrogens is 200 g/mol. The molecule has 0 spiro atoms. The number of nitrogens with two attached hydrogens (primary N) is 1. The molecule has 1 rings (SSSR count). The molecule has 0 saturated carbocycles. The monoisotopic (exact) mass is 228 g/mol. The largest absolute Gasteiger partial charge is 0.381 e. The summed E-state index contributed by atoms with van der Waals surface area (Å²) < 4.78 is 5.34. The number of unbranched alkanes of at least 4 members (excludes halogenated alkanes) is 2. The predicted molar refractivity (Wildman–Crippen MR) is 68.6 cm³/mol. The quantitative estimate of drug-likeness (QED) is 0.656. The molecule has 0 radical (unpaired) electrons. The van der Waals surface area contributed by atoms with Crippen molar-refractivity contribution < 1.29 is 4.74 Å². The van der Waals surface area contributed by atoms with Crippen molar-refractivity contribution in [3.05, 3.63) is 0 Å². The summed E-state index contributed by atoms with van der Waals surface area (Å²) in [6.07, 6.45) is 7.20. The molecule has 1 unspecified atom stereocenters. The van der Waals surface area contributed by atoms with Crippen LogP contribution in [-0.2, 0) is 4.74 Å². The Kier molecular flexibility index (Phi) is 6.32. The molecule has 3 N–H and O–H groups in total. The lowest BCUT2D eigenvalue weighted by Crippen LogP contribution is -2.53. The average molecular weight is 228 g/mol. The van der Waals surface area contributed by atoms with Crippen LogP contribution in [0, 0.1) is 0 Å². The van der Waals surface area contributed by atoms with Gasteiger partial charge in [0.25, 0.3) is 0 Å². The third kappa shape index (κ3) is 5.28. The van der Waals surface area contributed by atoms with Crippen molar-refractivity contribution in [1.82, 2.24) is 5.32 Å². The van der Waals surface area contributed by atoms with E-state index in [0.29, 0.717) is 6.04 Å². The molecule has 0 aromatic rings. The van der Waals surface area contributed by atoms with Crippen molar-refractivity contribution in [3.63, 3.8) is 0 Å². The van der Waals surface area contributed by atoms with Gasteiger partial charge in [-0.3, -0.25) is 0 Å². The van der Waals surface area contributed by atoms with Crippen molar-refractivity contribution in [2.45, 2.75) is 64.0 Å². The Morgan fingerprint density at radius 3 is 2.62 bits per heavy atom. The van der Waals surface area contributed by atoms with Gasteiger partial charge in [0.15, 0.2) is 0 Å². The van der Waals surface area contributed by atoms with Gasteiger partial charge in [-0.05, 0) is 26.2 Å². The molecule has 0 bridgehead atoms. The van der Waals surface area contributed by atoms with Gasteiger partial charge in [0.05, 0.1) is 0 Å². The Balaban J connectivity index is 2.12. The van der Waals surface area contributed by atoms with Gasteiger partial charge in [-0.25, -0.2) is 0 Å². The van der Waals surface area contributed by atoms with Crippen LogP contribution in [0.25, 0.3) is 0 Å². The van der Waals surface area contributed by atoms with E-state index in [2.05, 4.69) is 19.2 Å². The van der Waals surface area contributed by atoms with Crippen LogP contribution in [0.1, 0.15) is 52.4 Å². The second kappa shape index (κ2) is 7.25. The number of nitrogens with one attached hydrogen (secondary N) is 1. The van der Waals surface area contributed by atoms with Gasteiger partial charge < -0.3 is 15.8 Å². The Morgan fingerprint density at radius 1 is 1.31 bits per heavy atom. The zero-order valence-corrected chi connectivity index (χ0v) is 10.9. The van der Waals surface area contributed by atoms with E-state index in [1.165, 1.54) is 25.7 Å². The van der Waals surface area contributed by atoms with E-state index in [4.69, 9.17) is 10.5 Å². The van der Waals surface area contributed by atoms with Crippen LogP contribution in [0.4, 0.5) is 0 Å². The van der Waals surface area contributed by atoms with E-state index < -0.39 is 0 Å². The zero-order chi connectivity index (χ0) is 11.9. The second-order valence-electron chi connectivity index (χ2n) is 5.25. The first-order chi connectivity index (χ1) is 7.66. The van der Waals surface area contributed by atoms with Gasteiger partial charge in [-0.2, -0.15) is 0 Å². The van der Waals surface area contributed by atoms with Crippen LogP contribution in [0.15, 0.2) is 0 Å². The van der Waals surface area contributed by atoms with E-state index in [1.54, 1.807) is 0 Å². The fourth-order valence-corrected chi connectivity index (χ4v) is 2.13. The summed E-state index contributed by atoms with van der Waals surface area (Å²) in [5.74, 6) is 0. The maximum atomic E-state index is 6.32. The third-order valence-corrected chi connectivity index (χ3v) is 3.53. The molecule has 1 fully saturated rings. The normalized spacial score (nSPS) is 21.9. The minimum Gasteiger partial charge on any atom is -0.381 e. The van der Waals surface area contributed by atoms with E-state index in [9.17, 15) is 0 Å². The van der Waals surface area contributed by atoms with Gasteiger partial charge in [0.1, 0.15) is 0 Å². The summed E-state index contributed by atoms with van der Waals surface area (Å²) in [6.45, 7) is 7.09. The highest BCUT2D eigenvalue weighted by molar-refractivity contribution is 4.89. The topological polar surface area (TPSA) is 47.3 Å². The van der Waals surface area contributed by atoms with Gasteiger partial charge in [-0.1, -0.05) is 26.2 Å². The van der Waals surface area contributed by atoms with Gasteiger partial charge in [0, 0.05) is 31.3 Å². The van der Waals surface area contributed by atoms with Crippen LogP contribution < -0.4 is 11.1 Å². The number of hydrogen-bond acceptors (Lipinski definition) is 3. The lowest BCUT2D eigenvalue weighted by molar-refractivity contribution is 0.0522. The molecule has 0 aromatic heterocycles. The van der Waals surface area contributed by atoms with E-state index in [0.717, 1.165) is 32.6 Å². The van der Waals surface area contributed by atoms with Crippen LogP contribution >= 0.6 is 0 Å². The third-order valence-electron chi connectivity index (χ3n) is 3.53. The summed E-state index contributed by atoms with van der Waals surface area (Å²) >= 11 is 0. The molecule has 3 nitrogen and oxygen atoms in total. The fraction of sp³-hybridized carbons (Fsp3) is 1.00. The lowest BCUT2D eigenvalue weighted by Gasteiger charge is -2.34. The number of hydrogen-bond donors (Lipinski definition) is 2. The molecule has 1 saturated heterocycles. The van der Waals surface area contributed by atoms with Crippen molar-refractivity contribution in [1.29, 1.82) is 0 Å². The molecule has 1 heterocycles. The first-order valence-electron chi connectivity index (χ1n) is 6.76. The number of rotatable bonds is 7. The maximum Gasteiger partial charge on any atom is 0.0484 e. The summed E-state index contributed by atoms with van der Waals surface area (Å²) in [5.41, 5.74) is 6.29. The summed E-state index contributed by atoms with van der Waals surface area (Å²) in [6, 6.07) is 0.592. The molecule has 3 heteroatoms. The smallest absolute Gasteiger partial charge is 0.0484 e. The highest BCUT2D eigenvalue weighted by atomic mass is 16.5. The first kappa shape index (κ1) is 13.9. The van der Waals surface area contributed by atoms with Gasteiger partial charge in [0.2, 0.25) is 0 Å². The number of ether oxygens (including phenoxy) is 1. The molecule has 1 aliphatic rings. The van der Waals surface area contributed by atoms with Crippen LogP contribution in [-0.4, -0.2) is 31.3 Å². The fourth-order valence-electron chi connectivity index (χ4n) is 2.13. The molecule has 0 aliphatic carbocycles. The molecule has 16 heavy (non-hydrogen) atoms. The van der Waals surface area contributed by atoms with Crippen molar-refractivity contribution in [2.75, 3.05) is 19.8 Å². The minimum atomic E-state index is -0.0305. The van der Waals surface area contributed by atoms with Crippen molar-refractivity contribution in [2.24, 2.45) is 5.73 Å². The van der Waals surface area contributed by atoms with Crippen molar-refractivity contribution >= 4 is 0 Å². The molecule has 0 aromatic carbocycles. The standard InChI is InChI=1S/C13H28N2O/c1-3-4-5-6-12(2)15-11-13(14)7-9-16-10-8-13/h12,15H,3-11,14H2,1-2H3. The molecular formula is C13H28N2O. The maximum absolute atomic E-state index is 6.32. The lowest BCUT2D eigenvalue weighted by atomic mass is 9.91. The zero-order valence-electron chi connectivity index (χ0n) is 10.9. The van der Waals surface area contributed by atoms with Crippen LogP contribution in [0.2, 0.25) is 0 Å². The van der Waals surface area contributed by atoms with Gasteiger partial charge >= 0.3 is 0 Å². The highest BCUT2D eigenvalue weighted by Gasteiger charge is 2.27. The highest BCUT2D eigenvalue weighted by Crippen LogP contribution is 2.17. The van der Waals surface area contributed by atoms with E-state index >= 15 is 0 Å². The molecule has 1 atom stereocenters. The summed E-state index contributed by atoms with van der Waals surface area (Å²) in [7, 11) is 0. The van der Waals surface area contributed by atoms with Crippen LogP contribution in [0.5, 0.6) is 0 Å². The average Bonchev–Trinajstić information content (AvgIpc) is 2.28. The summed E-state index contributed by atoms with van der Waals surface area (Å²) in [5, 5.41) is 3.57. The minimum absolute atomic E-state index is 0.0305. The van der Waals surface area contributed by atoms with Crippen LogP contribution in [0.3, 0.4) is 0 Å². The SMILES string of the molecule is CCCCCC(C)NCC1(N)CCOCC1. The molecule has 1 aliphatic heterocycles. The Morgan fingerprint density at radius 2 is 2.00 bits per heavy atom. The molecule has 96 valence electrons. The Bertz CT molecular complexity index is 179. The Hall–Kier alpha value is -0.120. The van der Waals surface area contributed by atoms with Crippen molar-refractivity contribution in [3.8, 4) is 0 Å². The Labute approximate surface area is 100 Å².